The average Bonchev–Trinajstić information content (AvgIpc) is 2.65. The fraction of sp³-hybridized carbons (Fsp3) is 0.444. The van der Waals surface area contributed by atoms with E-state index in [0.29, 0.717) is 13.0 Å². The smallest absolute Gasteiger partial charge is 0.237 e. The Balaban J connectivity index is 2.31. The van der Waals surface area contributed by atoms with Crippen molar-refractivity contribution in [3.8, 4) is 0 Å². The largest absolute Gasteiger partial charge is 0.350 e. The van der Waals surface area contributed by atoms with Gasteiger partial charge in [0, 0.05) is 4.88 Å². The van der Waals surface area contributed by atoms with Crippen LogP contribution < -0.4 is 11.1 Å². The first-order valence-electron chi connectivity index (χ1n) is 4.29. The molecule has 1 aromatic heterocycles. The molecule has 0 aliphatic rings. The van der Waals surface area contributed by atoms with E-state index >= 15 is 0 Å². The highest BCUT2D eigenvalue weighted by atomic mass is 32.1. The summed E-state index contributed by atoms with van der Waals surface area (Å²) in [6, 6.07) is 3.58. The fourth-order valence-corrected chi connectivity index (χ4v) is 1.55. The molecule has 13 heavy (non-hydrogen) atoms. The Hall–Kier alpha value is -0.870. The lowest BCUT2D eigenvalue weighted by molar-refractivity contribution is -0.122. The van der Waals surface area contributed by atoms with Crippen LogP contribution in [0.4, 0.5) is 0 Å². The van der Waals surface area contributed by atoms with Crippen molar-refractivity contribution in [2.75, 3.05) is 0 Å². The minimum absolute atomic E-state index is 0.0732. The molecular weight excluding hydrogens is 184 g/mol. The Morgan fingerprint density at radius 1 is 1.77 bits per heavy atom. The van der Waals surface area contributed by atoms with E-state index in [1.54, 1.807) is 11.3 Å². The van der Waals surface area contributed by atoms with Crippen LogP contribution >= 0.6 is 11.3 Å². The summed E-state index contributed by atoms with van der Waals surface area (Å²) in [5, 5.41) is 4.77. The summed E-state index contributed by atoms with van der Waals surface area (Å²) in [4.78, 5) is 12.4. The predicted octanol–water partition coefficient (Wildman–Crippen LogP) is 1.10. The monoisotopic (exact) mass is 198 g/mol. The van der Waals surface area contributed by atoms with Gasteiger partial charge in [0.05, 0.1) is 12.6 Å². The summed E-state index contributed by atoms with van der Waals surface area (Å²) in [6.07, 6.45) is 0.677. The summed E-state index contributed by atoms with van der Waals surface area (Å²) in [5.74, 6) is -0.0732. The zero-order chi connectivity index (χ0) is 9.68. The second-order valence-electron chi connectivity index (χ2n) is 2.81. The van der Waals surface area contributed by atoms with Gasteiger partial charge in [-0.2, -0.15) is 0 Å². The molecule has 0 aromatic carbocycles. The number of hydrogen-bond donors (Lipinski definition) is 2. The van der Waals surface area contributed by atoms with E-state index in [9.17, 15) is 4.79 Å². The van der Waals surface area contributed by atoms with Crippen molar-refractivity contribution in [1.29, 1.82) is 0 Å². The fourth-order valence-electron chi connectivity index (χ4n) is 0.904. The third-order valence-corrected chi connectivity index (χ3v) is 2.67. The molecular formula is C9H14N2OS. The maximum atomic E-state index is 11.2. The molecule has 0 aliphatic carbocycles. The second kappa shape index (κ2) is 4.99. The van der Waals surface area contributed by atoms with Gasteiger partial charge < -0.3 is 11.1 Å². The van der Waals surface area contributed by atoms with Gasteiger partial charge in [-0.25, -0.2) is 0 Å². The van der Waals surface area contributed by atoms with E-state index < -0.39 is 0 Å². The number of nitrogens with one attached hydrogen (secondary N) is 1. The number of amides is 1. The number of carbonyl (C=O) groups excluding carboxylic acids is 1. The zero-order valence-electron chi connectivity index (χ0n) is 7.62. The van der Waals surface area contributed by atoms with Crippen molar-refractivity contribution in [2.24, 2.45) is 5.73 Å². The van der Waals surface area contributed by atoms with Crippen LogP contribution in [0, 0.1) is 0 Å². The number of thiophene rings is 1. The standard InChI is InChI=1S/C9H14N2OS/c1-2-8(10)9(12)11-6-7-4-3-5-13-7/h3-5,8H,2,6,10H2,1H3,(H,11,12)/t8-/m0/s1. The summed E-state index contributed by atoms with van der Waals surface area (Å²) in [5.41, 5.74) is 5.55. The minimum atomic E-state index is -0.375. The Morgan fingerprint density at radius 2 is 2.54 bits per heavy atom. The van der Waals surface area contributed by atoms with E-state index in [-0.39, 0.29) is 11.9 Å². The quantitative estimate of drug-likeness (QED) is 0.761. The molecule has 0 unspecified atom stereocenters. The van der Waals surface area contributed by atoms with Crippen molar-refractivity contribution in [3.63, 3.8) is 0 Å². The van der Waals surface area contributed by atoms with E-state index in [1.807, 2.05) is 24.4 Å². The van der Waals surface area contributed by atoms with Gasteiger partial charge in [-0.05, 0) is 17.9 Å². The van der Waals surface area contributed by atoms with Gasteiger partial charge in [0.15, 0.2) is 0 Å². The lowest BCUT2D eigenvalue weighted by Gasteiger charge is -2.08. The second-order valence-corrected chi connectivity index (χ2v) is 3.84. The number of carbonyl (C=O) groups is 1. The van der Waals surface area contributed by atoms with Crippen molar-refractivity contribution >= 4 is 17.2 Å². The van der Waals surface area contributed by atoms with E-state index in [0.717, 1.165) is 4.88 Å². The third kappa shape index (κ3) is 3.16. The lowest BCUT2D eigenvalue weighted by atomic mass is 10.2. The van der Waals surface area contributed by atoms with Crippen molar-refractivity contribution < 1.29 is 4.79 Å². The van der Waals surface area contributed by atoms with Crippen LogP contribution in [0.25, 0.3) is 0 Å². The van der Waals surface area contributed by atoms with Crippen LogP contribution in [0.2, 0.25) is 0 Å². The Kier molecular flexibility index (Phi) is 3.92. The first-order chi connectivity index (χ1) is 6.24. The molecule has 4 heteroatoms. The maximum absolute atomic E-state index is 11.2. The van der Waals surface area contributed by atoms with Gasteiger partial charge in [0.2, 0.25) is 5.91 Å². The van der Waals surface area contributed by atoms with Crippen LogP contribution in [0.3, 0.4) is 0 Å². The predicted molar refractivity (Wildman–Crippen MR) is 54.4 cm³/mol. The zero-order valence-corrected chi connectivity index (χ0v) is 8.43. The Morgan fingerprint density at radius 3 is 3.08 bits per heavy atom. The number of hydrogen-bond acceptors (Lipinski definition) is 3. The lowest BCUT2D eigenvalue weighted by Crippen LogP contribution is -2.39. The van der Waals surface area contributed by atoms with Gasteiger partial charge in [-0.3, -0.25) is 4.79 Å². The summed E-state index contributed by atoms with van der Waals surface area (Å²) < 4.78 is 0. The summed E-state index contributed by atoms with van der Waals surface area (Å²) >= 11 is 1.63. The minimum Gasteiger partial charge on any atom is -0.350 e. The molecule has 1 aromatic rings. The molecule has 1 heterocycles. The van der Waals surface area contributed by atoms with Crippen LogP contribution in [0.5, 0.6) is 0 Å². The van der Waals surface area contributed by atoms with Gasteiger partial charge in [-0.1, -0.05) is 13.0 Å². The maximum Gasteiger partial charge on any atom is 0.237 e. The van der Waals surface area contributed by atoms with Gasteiger partial charge >= 0.3 is 0 Å². The molecule has 0 radical (unpaired) electrons. The van der Waals surface area contributed by atoms with Crippen LogP contribution in [0.1, 0.15) is 18.2 Å². The molecule has 0 saturated carbocycles. The first kappa shape index (κ1) is 10.2. The average molecular weight is 198 g/mol. The Bertz CT molecular complexity index is 259. The molecule has 1 rings (SSSR count). The summed E-state index contributed by atoms with van der Waals surface area (Å²) in [7, 11) is 0. The molecule has 3 N–H and O–H groups in total. The highest BCUT2D eigenvalue weighted by Gasteiger charge is 2.09. The van der Waals surface area contributed by atoms with Gasteiger partial charge in [0.25, 0.3) is 0 Å². The Labute approximate surface area is 81.9 Å². The molecule has 1 atom stereocenters. The molecule has 0 saturated heterocycles. The summed E-state index contributed by atoms with van der Waals surface area (Å²) in [6.45, 7) is 2.49. The van der Waals surface area contributed by atoms with Crippen LogP contribution in [-0.2, 0) is 11.3 Å². The van der Waals surface area contributed by atoms with Crippen LogP contribution in [-0.4, -0.2) is 11.9 Å². The van der Waals surface area contributed by atoms with E-state index in [4.69, 9.17) is 5.73 Å². The van der Waals surface area contributed by atoms with Gasteiger partial charge in [-0.15, -0.1) is 11.3 Å². The molecule has 0 spiro atoms. The third-order valence-electron chi connectivity index (χ3n) is 1.79. The molecule has 0 bridgehead atoms. The highest BCUT2D eigenvalue weighted by Crippen LogP contribution is 2.07. The first-order valence-corrected chi connectivity index (χ1v) is 5.17. The molecule has 0 fully saturated rings. The van der Waals surface area contributed by atoms with E-state index in [2.05, 4.69) is 5.32 Å². The molecule has 3 nitrogen and oxygen atoms in total. The normalized spacial score (nSPS) is 12.5. The van der Waals surface area contributed by atoms with Gasteiger partial charge in [0.1, 0.15) is 0 Å². The number of rotatable bonds is 4. The number of nitrogens with two attached hydrogens (primary N) is 1. The molecule has 1 amide bonds. The van der Waals surface area contributed by atoms with E-state index in [1.165, 1.54) is 0 Å². The SMILES string of the molecule is CC[C@H](N)C(=O)NCc1cccs1. The molecule has 0 aliphatic heterocycles. The highest BCUT2D eigenvalue weighted by molar-refractivity contribution is 7.09. The van der Waals surface area contributed by atoms with Crippen molar-refractivity contribution in [2.45, 2.75) is 25.9 Å². The van der Waals surface area contributed by atoms with Crippen LogP contribution in [0.15, 0.2) is 17.5 Å². The molecule has 72 valence electrons. The topological polar surface area (TPSA) is 55.1 Å². The van der Waals surface area contributed by atoms with Crippen molar-refractivity contribution in [3.05, 3.63) is 22.4 Å². The van der Waals surface area contributed by atoms with Crippen molar-refractivity contribution in [1.82, 2.24) is 5.32 Å².